The van der Waals surface area contributed by atoms with Gasteiger partial charge in [-0.05, 0) is 49.2 Å². The van der Waals surface area contributed by atoms with E-state index in [1.165, 1.54) is 16.7 Å². The number of benzene rings is 2. The van der Waals surface area contributed by atoms with Gasteiger partial charge in [-0.25, -0.2) is 8.42 Å². The van der Waals surface area contributed by atoms with Gasteiger partial charge in [0.2, 0.25) is 9.84 Å². The van der Waals surface area contributed by atoms with Crippen LogP contribution in [0.5, 0.6) is 0 Å². The lowest BCUT2D eigenvalue weighted by atomic mass is 10.2. The number of nitriles is 1. The summed E-state index contributed by atoms with van der Waals surface area (Å²) in [6.07, 6.45) is 2.15. The second-order valence-electron chi connectivity index (χ2n) is 7.03. The van der Waals surface area contributed by atoms with Gasteiger partial charge in [-0.15, -0.1) is 11.3 Å². The fourth-order valence-corrected chi connectivity index (χ4v) is 5.82. The lowest BCUT2D eigenvalue weighted by Crippen LogP contribution is -2.33. The van der Waals surface area contributed by atoms with E-state index in [1.54, 1.807) is 49.6 Å². The average molecular weight is 489 g/mol. The highest BCUT2D eigenvalue weighted by molar-refractivity contribution is 8.00. The minimum Gasteiger partial charge on any atom is -0.385 e. The highest BCUT2D eigenvalue weighted by Crippen LogP contribution is 2.19. The third-order valence-electron chi connectivity index (χ3n) is 4.70. The van der Waals surface area contributed by atoms with Gasteiger partial charge in [0.15, 0.2) is 4.91 Å². The second-order valence-corrected chi connectivity index (χ2v) is 10.4. The zero-order chi connectivity index (χ0) is 23.3. The van der Waals surface area contributed by atoms with Crippen molar-refractivity contribution in [1.29, 1.82) is 5.26 Å². The number of rotatable bonds is 7. The second kappa shape index (κ2) is 10.3. The number of hydrogen-bond donors (Lipinski definition) is 0. The molecular formula is C23H21ClN2O4S2. The van der Waals surface area contributed by atoms with Crippen LogP contribution in [0.4, 0.5) is 0 Å². The summed E-state index contributed by atoms with van der Waals surface area (Å²) in [5.74, 6) is 0. The zero-order valence-electron chi connectivity index (χ0n) is 17.5. The van der Waals surface area contributed by atoms with Gasteiger partial charge in [0.25, 0.3) is 5.56 Å². The van der Waals surface area contributed by atoms with Crippen LogP contribution in [0.25, 0.3) is 11.0 Å². The normalized spacial score (nSPS) is 13.1. The van der Waals surface area contributed by atoms with E-state index >= 15 is 0 Å². The van der Waals surface area contributed by atoms with E-state index in [9.17, 15) is 18.5 Å². The molecule has 9 heteroatoms. The number of hydrogen-bond acceptors (Lipinski definition) is 6. The van der Waals surface area contributed by atoms with E-state index in [2.05, 4.69) is 0 Å². The summed E-state index contributed by atoms with van der Waals surface area (Å²) in [7, 11) is -2.56. The molecule has 0 unspecified atom stereocenters. The molecule has 0 saturated heterocycles. The quantitative estimate of drug-likeness (QED) is 0.477. The van der Waals surface area contributed by atoms with E-state index < -0.39 is 14.7 Å². The predicted octanol–water partition coefficient (Wildman–Crippen LogP) is 2.84. The highest BCUT2D eigenvalue weighted by atomic mass is 35.5. The summed E-state index contributed by atoms with van der Waals surface area (Å²) >= 11 is 6.91. The Bertz CT molecular complexity index is 1430. The first-order valence-electron chi connectivity index (χ1n) is 9.70. The van der Waals surface area contributed by atoms with Crippen molar-refractivity contribution in [3.8, 4) is 6.07 Å². The molecule has 3 aromatic rings. The molecule has 0 N–H and O–H groups in total. The first kappa shape index (κ1) is 24.0. The number of methoxy groups -OCH3 is 1. The monoisotopic (exact) mass is 488 g/mol. The summed E-state index contributed by atoms with van der Waals surface area (Å²) in [5, 5.41) is 10.4. The maximum atomic E-state index is 13.3. The molecule has 0 aliphatic rings. The van der Waals surface area contributed by atoms with Crippen LogP contribution in [0.3, 0.4) is 0 Å². The zero-order valence-corrected chi connectivity index (χ0v) is 19.9. The van der Waals surface area contributed by atoms with Crippen molar-refractivity contribution in [2.24, 2.45) is 0 Å². The fraction of sp³-hybridized carbons (Fsp3) is 0.217. The van der Waals surface area contributed by atoms with Gasteiger partial charge in [0.05, 0.1) is 9.43 Å². The van der Waals surface area contributed by atoms with Crippen LogP contribution in [0.1, 0.15) is 17.5 Å². The molecule has 0 aliphatic carbocycles. The molecule has 3 rings (SSSR count). The van der Waals surface area contributed by atoms with Gasteiger partial charge in [-0.1, -0.05) is 41.4 Å². The molecule has 32 heavy (non-hydrogen) atoms. The van der Waals surface area contributed by atoms with Crippen molar-refractivity contribution in [2.75, 3.05) is 13.7 Å². The summed E-state index contributed by atoms with van der Waals surface area (Å²) in [5.41, 5.74) is 1.28. The molecule has 0 aliphatic heterocycles. The van der Waals surface area contributed by atoms with E-state index in [1.807, 2.05) is 13.0 Å². The lowest BCUT2D eigenvalue weighted by Gasteiger charge is -2.05. The van der Waals surface area contributed by atoms with Crippen LogP contribution < -0.4 is 14.8 Å². The van der Waals surface area contributed by atoms with Gasteiger partial charge < -0.3 is 4.74 Å². The maximum absolute atomic E-state index is 13.3. The van der Waals surface area contributed by atoms with Crippen LogP contribution in [0.2, 0.25) is 5.02 Å². The maximum Gasteiger partial charge on any atom is 0.269 e. The van der Waals surface area contributed by atoms with Crippen molar-refractivity contribution >= 4 is 43.8 Å². The molecule has 0 fully saturated rings. The Balaban J connectivity index is 2.29. The third-order valence-corrected chi connectivity index (χ3v) is 7.93. The first-order valence-corrected chi connectivity index (χ1v) is 12.4. The molecule has 0 saturated carbocycles. The molecule has 0 amide bonds. The molecule has 6 nitrogen and oxygen atoms in total. The fourth-order valence-electron chi connectivity index (χ4n) is 3.03. The topological polar surface area (TPSA) is 89.2 Å². The highest BCUT2D eigenvalue weighted by Gasteiger charge is 2.24. The number of sulfone groups is 1. The van der Waals surface area contributed by atoms with Crippen LogP contribution in [-0.2, 0) is 21.1 Å². The van der Waals surface area contributed by atoms with Crippen LogP contribution in [0, 0.1) is 18.3 Å². The third kappa shape index (κ3) is 5.19. The first-order chi connectivity index (χ1) is 15.3. The standard InChI is InChI=1S/C23H21ClN2O4S2/c1-16-4-10-19(11-5-16)32(28,29)21(15-25)23-26(12-3-13-30-2)22(27)20(31-23)14-17-6-8-18(24)9-7-17/h4-11,14H,3,12-13H2,1-2H3/b20-14-,23-21+. The number of aromatic nitrogens is 1. The number of thiazole rings is 1. The molecule has 0 bridgehead atoms. The Morgan fingerprint density at radius 2 is 1.84 bits per heavy atom. The molecule has 166 valence electrons. The van der Waals surface area contributed by atoms with Gasteiger partial charge in [-0.2, -0.15) is 5.26 Å². The van der Waals surface area contributed by atoms with Crippen LogP contribution >= 0.6 is 22.9 Å². The molecule has 1 aromatic heterocycles. The van der Waals surface area contributed by atoms with Crippen molar-refractivity contribution in [3.63, 3.8) is 0 Å². The molecule has 0 atom stereocenters. The number of halogens is 1. The van der Waals surface area contributed by atoms with Crippen LogP contribution in [-0.4, -0.2) is 26.7 Å². The van der Waals surface area contributed by atoms with Gasteiger partial charge in [0.1, 0.15) is 10.7 Å². The Labute approximate surface area is 195 Å². The molecule has 0 radical (unpaired) electrons. The molecule has 0 spiro atoms. The van der Waals surface area contributed by atoms with Crippen molar-refractivity contribution < 1.29 is 13.2 Å². The Morgan fingerprint density at radius 3 is 2.44 bits per heavy atom. The van der Waals surface area contributed by atoms with Crippen LogP contribution in [0.15, 0.2) is 58.2 Å². The smallest absolute Gasteiger partial charge is 0.269 e. The summed E-state index contributed by atoms with van der Waals surface area (Å²) < 4.78 is 33.4. The van der Waals surface area contributed by atoms with Gasteiger partial charge in [0, 0.05) is 25.3 Å². The number of aryl methyl sites for hydroxylation is 1. The predicted molar refractivity (Wildman–Crippen MR) is 127 cm³/mol. The Hall–Kier alpha value is -2.70. The summed E-state index contributed by atoms with van der Waals surface area (Å²) in [6, 6.07) is 15.0. The lowest BCUT2D eigenvalue weighted by molar-refractivity contribution is 0.190. The Morgan fingerprint density at radius 1 is 1.19 bits per heavy atom. The molecule has 1 heterocycles. The summed E-state index contributed by atoms with van der Waals surface area (Å²) in [6.45, 7) is 2.46. The molecular weight excluding hydrogens is 468 g/mol. The van der Waals surface area contributed by atoms with Crippen molar-refractivity contribution in [3.05, 3.63) is 84.2 Å². The number of nitrogens with zero attached hydrogens (tertiary/aromatic N) is 2. The van der Waals surface area contributed by atoms with E-state index in [0.717, 1.165) is 22.5 Å². The van der Waals surface area contributed by atoms with Crippen molar-refractivity contribution in [1.82, 2.24) is 4.57 Å². The minimum absolute atomic E-state index is 0.00664. The average Bonchev–Trinajstić information content (AvgIpc) is 3.06. The number of ether oxygens (including phenoxy) is 1. The minimum atomic E-state index is -4.11. The Kier molecular flexibility index (Phi) is 7.69. The van der Waals surface area contributed by atoms with Gasteiger partial charge in [-0.3, -0.25) is 9.36 Å². The SMILES string of the molecule is COCCCn1c(=O)/c(=C/c2ccc(Cl)cc2)s/c1=C(\C#N)S(=O)(=O)c1ccc(C)cc1. The van der Waals surface area contributed by atoms with Gasteiger partial charge >= 0.3 is 0 Å². The van der Waals surface area contributed by atoms with E-state index in [0.29, 0.717) is 22.6 Å². The van der Waals surface area contributed by atoms with E-state index in [4.69, 9.17) is 16.3 Å². The summed E-state index contributed by atoms with van der Waals surface area (Å²) in [4.78, 5) is 12.7. The largest absolute Gasteiger partial charge is 0.385 e. The van der Waals surface area contributed by atoms with E-state index in [-0.39, 0.29) is 21.7 Å². The molecule has 2 aromatic carbocycles. The van der Waals surface area contributed by atoms with Crippen molar-refractivity contribution in [2.45, 2.75) is 24.8 Å².